The molecule has 0 radical (unpaired) electrons. The summed E-state index contributed by atoms with van der Waals surface area (Å²) < 4.78 is 10.2. The van der Waals surface area contributed by atoms with Gasteiger partial charge in [0.05, 0.1) is 12.7 Å². The lowest BCUT2D eigenvalue weighted by molar-refractivity contribution is -0.142. The largest absolute Gasteiger partial charge is 0.467 e. The maximum Gasteiger partial charge on any atom is 0.344 e. The highest BCUT2D eigenvalue weighted by Crippen LogP contribution is 2.22. The Labute approximate surface area is 172 Å². The number of ether oxygens (including phenoxy) is 1. The van der Waals surface area contributed by atoms with E-state index in [-0.39, 0.29) is 0 Å². The summed E-state index contributed by atoms with van der Waals surface area (Å²) in [7, 11) is 1.29. The van der Waals surface area contributed by atoms with Gasteiger partial charge in [0.2, 0.25) is 0 Å². The lowest BCUT2D eigenvalue weighted by atomic mass is 10.0. The second-order valence-corrected chi connectivity index (χ2v) is 7.38. The van der Waals surface area contributed by atoms with Crippen LogP contribution in [0.5, 0.6) is 0 Å². The van der Waals surface area contributed by atoms with Gasteiger partial charge < -0.3 is 14.5 Å². The molecular formula is C22H21NO5S. The molecule has 0 bridgehead atoms. The number of thioether (sulfide) groups is 1. The fourth-order valence-corrected chi connectivity index (χ4v) is 3.43. The molecule has 6 nitrogen and oxygen atoms in total. The van der Waals surface area contributed by atoms with E-state index in [1.54, 1.807) is 54.2 Å². The van der Waals surface area contributed by atoms with Crippen molar-refractivity contribution in [3.05, 3.63) is 70.6 Å². The van der Waals surface area contributed by atoms with Crippen molar-refractivity contribution < 1.29 is 18.7 Å². The van der Waals surface area contributed by atoms with Gasteiger partial charge in [-0.15, -0.1) is 0 Å². The summed E-state index contributed by atoms with van der Waals surface area (Å²) >= 11 is 1.58. The summed E-state index contributed by atoms with van der Waals surface area (Å²) in [6.45, 7) is 0. The minimum atomic E-state index is -0.727. The number of benzene rings is 2. The van der Waals surface area contributed by atoms with Crippen LogP contribution >= 0.6 is 11.8 Å². The predicted octanol–water partition coefficient (Wildman–Crippen LogP) is 3.48. The van der Waals surface area contributed by atoms with Crippen molar-refractivity contribution in [2.24, 2.45) is 0 Å². The van der Waals surface area contributed by atoms with E-state index >= 15 is 0 Å². The first-order valence-corrected chi connectivity index (χ1v) is 10.4. The Balaban J connectivity index is 1.89. The second kappa shape index (κ2) is 9.43. The molecule has 0 unspecified atom stereocenters. The quantitative estimate of drug-likeness (QED) is 0.473. The van der Waals surface area contributed by atoms with Crippen molar-refractivity contribution in [3.63, 3.8) is 0 Å². The van der Waals surface area contributed by atoms with Crippen LogP contribution in [0.4, 0.5) is 0 Å². The van der Waals surface area contributed by atoms with Gasteiger partial charge >= 0.3 is 11.6 Å². The average molecular weight is 411 g/mol. The summed E-state index contributed by atoms with van der Waals surface area (Å²) in [4.78, 5) is 37.0. The van der Waals surface area contributed by atoms with Gasteiger partial charge in [-0.3, -0.25) is 4.79 Å². The Morgan fingerprint density at radius 3 is 2.69 bits per heavy atom. The first-order chi connectivity index (χ1) is 14.0. The van der Waals surface area contributed by atoms with Gasteiger partial charge in [-0.25, -0.2) is 9.59 Å². The Morgan fingerprint density at radius 1 is 1.14 bits per heavy atom. The minimum absolute atomic E-state index is 0.341. The van der Waals surface area contributed by atoms with Crippen molar-refractivity contribution in [1.29, 1.82) is 0 Å². The number of hydrogen-bond acceptors (Lipinski definition) is 6. The molecule has 0 fully saturated rings. The molecule has 1 N–H and O–H groups in total. The second-order valence-electron chi connectivity index (χ2n) is 6.40. The Morgan fingerprint density at radius 2 is 1.93 bits per heavy atom. The molecule has 0 spiro atoms. The number of fused-ring (bicyclic) bond motifs is 1. The predicted molar refractivity (Wildman–Crippen MR) is 114 cm³/mol. The van der Waals surface area contributed by atoms with Crippen LogP contribution < -0.4 is 10.9 Å². The molecule has 1 amide bonds. The summed E-state index contributed by atoms with van der Waals surface area (Å²) in [5, 5.41) is 3.50. The molecule has 0 aliphatic rings. The van der Waals surface area contributed by atoms with E-state index in [0.717, 1.165) is 5.39 Å². The molecule has 3 rings (SSSR count). The number of para-hydroxylation sites is 1. The third-order valence-electron chi connectivity index (χ3n) is 4.48. The molecule has 7 heteroatoms. The Kier molecular flexibility index (Phi) is 6.72. The lowest BCUT2D eigenvalue weighted by Crippen LogP contribution is -2.41. The van der Waals surface area contributed by atoms with E-state index in [1.165, 1.54) is 7.11 Å². The summed E-state index contributed by atoms with van der Waals surface area (Å²) in [6, 6.07) is 14.9. The Bertz CT molecular complexity index is 1090. The first-order valence-electron chi connectivity index (χ1n) is 9.04. The normalized spacial score (nSPS) is 11.8. The standard InChI is InChI=1S/C22H21NO5S/c1-27-22(26)18(10-11-29-2)23-20(24)16-8-5-7-14(12-16)17-13-15-6-3-4-9-19(15)28-21(17)25/h3-9,12-13,18H,10-11H2,1-2H3,(H,23,24)/t18-/m0/s1. The van der Waals surface area contributed by atoms with Gasteiger partial charge in [0.25, 0.3) is 5.91 Å². The van der Waals surface area contributed by atoms with Crippen LogP contribution in [0, 0.1) is 0 Å². The molecule has 1 heterocycles. The van der Waals surface area contributed by atoms with E-state index in [0.29, 0.717) is 34.4 Å². The highest BCUT2D eigenvalue weighted by molar-refractivity contribution is 7.98. The molecule has 150 valence electrons. The van der Waals surface area contributed by atoms with Gasteiger partial charge in [0.15, 0.2) is 0 Å². The van der Waals surface area contributed by atoms with Gasteiger partial charge in [-0.1, -0.05) is 30.3 Å². The summed E-state index contributed by atoms with van der Waals surface area (Å²) in [6.07, 6.45) is 2.39. The molecule has 0 aliphatic carbocycles. The number of amides is 1. The van der Waals surface area contributed by atoms with Crippen LogP contribution in [0.2, 0.25) is 0 Å². The topological polar surface area (TPSA) is 85.6 Å². The fraction of sp³-hybridized carbons (Fsp3) is 0.227. The third-order valence-corrected chi connectivity index (χ3v) is 5.12. The number of methoxy groups -OCH3 is 1. The van der Waals surface area contributed by atoms with Gasteiger partial charge in [-0.2, -0.15) is 11.8 Å². The van der Waals surface area contributed by atoms with Crippen LogP contribution in [0.1, 0.15) is 16.8 Å². The number of hydrogen-bond donors (Lipinski definition) is 1. The highest BCUT2D eigenvalue weighted by atomic mass is 32.2. The molecule has 3 aromatic rings. The molecule has 0 saturated heterocycles. The summed E-state index contributed by atoms with van der Waals surface area (Å²) in [5.41, 5.74) is 1.30. The zero-order chi connectivity index (χ0) is 20.8. The van der Waals surface area contributed by atoms with Crippen molar-refractivity contribution in [1.82, 2.24) is 5.32 Å². The zero-order valence-corrected chi connectivity index (χ0v) is 17.0. The maximum atomic E-state index is 12.7. The van der Waals surface area contributed by atoms with E-state index in [9.17, 15) is 14.4 Å². The molecular weight excluding hydrogens is 390 g/mol. The number of rotatable bonds is 7. The first kappa shape index (κ1) is 20.7. The molecule has 0 aliphatic heterocycles. The maximum absolute atomic E-state index is 12.7. The number of esters is 1. The summed E-state index contributed by atoms with van der Waals surface area (Å²) in [5.74, 6) is -0.189. The number of nitrogens with one attached hydrogen (secondary N) is 1. The van der Waals surface area contributed by atoms with Crippen LogP contribution in [0.15, 0.2) is 63.8 Å². The number of carbonyl (C=O) groups excluding carboxylic acids is 2. The van der Waals surface area contributed by atoms with Gasteiger partial charge in [0.1, 0.15) is 11.6 Å². The van der Waals surface area contributed by atoms with E-state index in [4.69, 9.17) is 9.15 Å². The van der Waals surface area contributed by atoms with Gasteiger partial charge in [-0.05, 0) is 48.3 Å². The highest BCUT2D eigenvalue weighted by Gasteiger charge is 2.22. The molecule has 2 aromatic carbocycles. The van der Waals surface area contributed by atoms with Crippen LogP contribution in [-0.2, 0) is 9.53 Å². The molecule has 1 atom stereocenters. The van der Waals surface area contributed by atoms with E-state index < -0.39 is 23.5 Å². The smallest absolute Gasteiger partial charge is 0.344 e. The monoisotopic (exact) mass is 411 g/mol. The molecule has 29 heavy (non-hydrogen) atoms. The van der Waals surface area contributed by atoms with Crippen LogP contribution in [0.3, 0.4) is 0 Å². The SMILES string of the molecule is COC(=O)[C@H](CCSC)NC(=O)c1cccc(-c2cc3ccccc3oc2=O)c1. The third kappa shape index (κ3) is 4.86. The van der Waals surface area contributed by atoms with Crippen LogP contribution in [-0.4, -0.2) is 37.0 Å². The van der Waals surface area contributed by atoms with Gasteiger partial charge in [0, 0.05) is 10.9 Å². The van der Waals surface area contributed by atoms with Crippen molar-refractivity contribution in [3.8, 4) is 11.1 Å². The molecule has 1 aromatic heterocycles. The average Bonchev–Trinajstić information content (AvgIpc) is 2.75. The molecule has 0 saturated carbocycles. The number of carbonyl (C=O) groups is 2. The van der Waals surface area contributed by atoms with E-state index in [2.05, 4.69) is 5.32 Å². The van der Waals surface area contributed by atoms with Crippen molar-refractivity contribution >= 4 is 34.6 Å². The minimum Gasteiger partial charge on any atom is -0.467 e. The van der Waals surface area contributed by atoms with Crippen molar-refractivity contribution in [2.45, 2.75) is 12.5 Å². The van der Waals surface area contributed by atoms with Crippen molar-refractivity contribution in [2.75, 3.05) is 19.1 Å². The Hall–Kier alpha value is -3.06. The fourth-order valence-electron chi connectivity index (χ4n) is 2.96. The van der Waals surface area contributed by atoms with E-state index in [1.807, 2.05) is 18.4 Å². The zero-order valence-electron chi connectivity index (χ0n) is 16.1. The van der Waals surface area contributed by atoms with Crippen LogP contribution in [0.25, 0.3) is 22.1 Å². The lowest BCUT2D eigenvalue weighted by Gasteiger charge is -2.16.